The van der Waals surface area contributed by atoms with E-state index in [1.54, 1.807) is 31.4 Å². The summed E-state index contributed by atoms with van der Waals surface area (Å²) in [5.41, 5.74) is 1.14. The van der Waals surface area contributed by atoms with E-state index in [1.165, 1.54) is 18.2 Å². The highest BCUT2D eigenvalue weighted by Gasteiger charge is 2.19. The number of nitrogens with zero attached hydrogens (tertiary/aromatic N) is 1. The van der Waals surface area contributed by atoms with Gasteiger partial charge in [0.2, 0.25) is 0 Å². The second-order valence-corrected chi connectivity index (χ2v) is 4.86. The van der Waals surface area contributed by atoms with Crippen molar-refractivity contribution >= 4 is 11.7 Å². The maximum Gasteiger partial charge on any atom is 0.368 e. The summed E-state index contributed by atoms with van der Waals surface area (Å²) in [4.78, 5) is 16.8. The van der Waals surface area contributed by atoms with Gasteiger partial charge in [0.15, 0.2) is 0 Å². The predicted molar refractivity (Wildman–Crippen MR) is 81.5 cm³/mol. The standard InChI is InChI=1S/C17H14FNO4/c1-21-11-6-7-13-15(8-9-22-16(13)10-11)19-23-17(20)12-4-2-3-5-14(12)18/h2-7,10H,8-9H2,1H3. The first-order valence-electron chi connectivity index (χ1n) is 7.03. The Balaban J connectivity index is 1.82. The molecule has 0 saturated heterocycles. The van der Waals surface area contributed by atoms with Crippen molar-refractivity contribution < 1.29 is 23.5 Å². The smallest absolute Gasteiger partial charge is 0.368 e. The lowest BCUT2D eigenvalue weighted by Crippen LogP contribution is -2.17. The topological polar surface area (TPSA) is 57.1 Å². The third-order valence-electron chi connectivity index (χ3n) is 3.43. The molecule has 5 nitrogen and oxygen atoms in total. The molecular formula is C17H14FNO4. The second-order valence-electron chi connectivity index (χ2n) is 4.86. The Bertz CT molecular complexity index is 773. The van der Waals surface area contributed by atoms with E-state index in [0.29, 0.717) is 30.2 Å². The van der Waals surface area contributed by atoms with E-state index < -0.39 is 11.8 Å². The molecule has 3 rings (SSSR count). The molecule has 0 atom stereocenters. The summed E-state index contributed by atoms with van der Waals surface area (Å²) >= 11 is 0. The van der Waals surface area contributed by atoms with Gasteiger partial charge in [0.1, 0.15) is 17.3 Å². The first-order valence-corrected chi connectivity index (χ1v) is 7.03. The highest BCUT2D eigenvalue weighted by atomic mass is 19.1. The minimum atomic E-state index is -0.836. The average molecular weight is 315 g/mol. The molecule has 23 heavy (non-hydrogen) atoms. The van der Waals surface area contributed by atoms with Crippen LogP contribution >= 0.6 is 0 Å². The summed E-state index contributed by atoms with van der Waals surface area (Å²) in [6.45, 7) is 0.413. The molecule has 1 heterocycles. The molecule has 0 aliphatic carbocycles. The number of carbonyl (C=O) groups excluding carboxylic acids is 1. The average Bonchev–Trinajstić information content (AvgIpc) is 2.59. The summed E-state index contributed by atoms with van der Waals surface area (Å²) in [7, 11) is 1.57. The van der Waals surface area contributed by atoms with Crippen molar-refractivity contribution in [2.75, 3.05) is 13.7 Å². The van der Waals surface area contributed by atoms with Crippen LogP contribution in [0, 0.1) is 5.82 Å². The molecule has 0 fully saturated rings. The van der Waals surface area contributed by atoms with E-state index in [2.05, 4.69) is 5.16 Å². The monoisotopic (exact) mass is 315 g/mol. The SMILES string of the molecule is COc1ccc2c(c1)OCCC2=NOC(=O)c1ccccc1F. The number of hydrogen-bond acceptors (Lipinski definition) is 5. The third kappa shape index (κ3) is 3.15. The number of hydrogen-bond donors (Lipinski definition) is 0. The third-order valence-corrected chi connectivity index (χ3v) is 3.43. The molecule has 0 radical (unpaired) electrons. The molecule has 0 N–H and O–H groups in total. The van der Waals surface area contributed by atoms with Crippen LogP contribution in [0.2, 0.25) is 0 Å². The zero-order valence-electron chi connectivity index (χ0n) is 12.4. The lowest BCUT2D eigenvalue weighted by Gasteiger charge is -2.19. The fraction of sp³-hybridized carbons (Fsp3) is 0.176. The largest absolute Gasteiger partial charge is 0.497 e. The van der Waals surface area contributed by atoms with Crippen molar-refractivity contribution in [1.82, 2.24) is 0 Å². The van der Waals surface area contributed by atoms with Gasteiger partial charge in [-0.3, -0.25) is 0 Å². The minimum Gasteiger partial charge on any atom is -0.497 e. The van der Waals surface area contributed by atoms with E-state index in [-0.39, 0.29) is 5.56 Å². The van der Waals surface area contributed by atoms with Crippen molar-refractivity contribution in [3.63, 3.8) is 0 Å². The Morgan fingerprint density at radius 3 is 2.87 bits per heavy atom. The molecule has 6 heteroatoms. The fourth-order valence-corrected chi connectivity index (χ4v) is 2.25. The van der Waals surface area contributed by atoms with Crippen LogP contribution in [0.25, 0.3) is 0 Å². The molecule has 1 aliphatic heterocycles. The van der Waals surface area contributed by atoms with Crippen LogP contribution in [0.5, 0.6) is 11.5 Å². The Hall–Kier alpha value is -2.89. The lowest BCUT2D eigenvalue weighted by atomic mass is 10.0. The molecular weight excluding hydrogens is 301 g/mol. The predicted octanol–water partition coefficient (Wildman–Crippen LogP) is 3.18. The number of methoxy groups -OCH3 is 1. The molecule has 2 aromatic rings. The molecule has 0 amide bonds. The summed E-state index contributed by atoms with van der Waals surface area (Å²) in [5, 5.41) is 3.88. The van der Waals surface area contributed by atoms with Crippen molar-refractivity contribution in [3.8, 4) is 11.5 Å². The molecule has 0 aromatic heterocycles. The summed E-state index contributed by atoms with van der Waals surface area (Å²) in [6, 6.07) is 10.9. The van der Waals surface area contributed by atoms with Gasteiger partial charge in [-0.25, -0.2) is 9.18 Å². The first-order chi connectivity index (χ1) is 11.2. The summed E-state index contributed by atoms with van der Waals surface area (Å²) < 4.78 is 24.2. The van der Waals surface area contributed by atoms with Crippen LogP contribution in [0.1, 0.15) is 22.3 Å². The maximum atomic E-state index is 13.5. The van der Waals surface area contributed by atoms with Gasteiger partial charge in [-0.1, -0.05) is 17.3 Å². The Morgan fingerprint density at radius 2 is 2.09 bits per heavy atom. The number of fused-ring (bicyclic) bond motifs is 1. The van der Waals surface area contributed by atoms with Crippen molar-refractivity contribution in [3.05, 3.63) is 59.4 Å². The zero-order valence-corrected chi connectivity index (χ0v) is 12.4. The maximum absolute atomic E-state index is 13.5. The van der Waals surface area contributed by atoms with Gasteiger partial charge in [0, 0.05) is 18.1 Å². The van der Waals surface area contributed by atoms with Gasteiger partial charge in [0.05, 0.1) is 25.0 Å². The molecule has 0 bridgehead atoms. The highest BCUT2D eigenvalue weighted by molar-refractivity contribution is 6.04. The molecule has 118 valence electrons. The molecule has 0 saturated carbocycles. The molecule has 0 spiro atoms. The van der Waals surface area contributed by atoms with Gasteiger partial charge in [-0.15, -0.1) is 0 Å². The number of benzene rings is 2. The van der Waals surface area contributed by atoms with Gasteiger partial charge in [-0.05, 0) is 24.3 Å². The number of carbonyl (C=O) groups is 1. The highest BCUT2D eigenvalue weighted by Crippen LogP contribution is 2.29. The summed E-state index contributed by atoms with van der Waals surface area (Å²) in [6.07, 6.45) is 0.490. The van der Waals surface area contributed by atoms with Crippen LogP contribution in [-0.4, -0.2) is 25.4 Å². The van der Waals surface area contributed by atoms with Gasteiger partial charge in [-0.2, -0.15) is 0 Å². The van der Waals surface area contributed by atoms with Gasteiger partial charge in [0.25, 0.3) is 0 Å². The lowest BCUT2D eigenvalue weighted by molar-refractivity contribution is 0.0509. The van der Waals surface area contributed by atoms with Gasteiger partial charge >= 0.3 is 5.97 Å². The van der Waals surface area contributed by atoms with E-state index in [4.69, 9.17) is 14.3 Å². The second kappa shape index (κ2) is 6.48. The van der Waals surface area contributed by atoms with Crippen molar-refractivity contribution in [2.24, 2.45) is 5.16 Å². The van der Waals surface area contributed by atoms with Crippen LogP contribution in [0.4, 0.5) is 4.39 Å². The number of oxime groups is 1. The fourth-order valence-electron chi connectivity index (χ4n) is 2.25. The minimum absolute atomic E-state index is 0.154. The van der Waals surface area contributed by atoms with Crippen molar-refractivity contribution in [2.45, 2.75) is 6.42 Å². The Morgan fingerprint density at radius 1 is 1.26 bits per heavy atom. The van der Waals surface area contributed by atoms with Crippen LogP contribution in [-0.2, 0) is 4.84 Å². The van der Waals surface area contributed by atoms with Crippen LogP contribution in [0.15, 0.2) is 47.6 Å². The normalized spacial score (nSPS) is 14.8. The molecule has 0 unspecified atom stereocenters. The van der Waals surface area contributed by atoms with Gasteiger partial charge < -0.3 is 14.3 Å². The van der Waals surface area contributed by atoms with E-state index in [0.717, 1.165) is 5.56 Å². The van der Waals surface area contributed by atoms with Crippen LogP contribution in [0.3, 0.4) is 0 Å². The van der Waals surface area contributed by atoms with E-state index in [1.807, 2.05) is 0 Å². The quantitative estimate of drug-likeness (QED) is 0.645. The molecule has 2 aromatic carbocycles. The van der Waals surface area contributed by atoms with E-state index in [9.17, 15) is 9.18 Å². The van der Waals surface area contributed by atoms with Crippen molar-refractivity contribution in [1.29, 1.82) is 0 Å². The first kappa shape index (κ1) is 15.0. The number of rotatable bonds is 3. The Kier molecular flexibility index (Phi) is 4.23. The Labute approximate surface area is 132 Å². The van der Waals surface area contributed by atoms with Crippen LogP contribution < -0.4 is 9.47 Å². The number of ether oxygens (including phenoxy) is 2. The zero-order chi connectivity index (χ0) is 16.2. The summed E-state index contributed by atoms with van der Waals surface area (Å²) in [5.74, 6) is -0.211. The molecule has 1 aliphatic rings. The number of halogens is 1. The van der Waals surface area contributed by atoms with E-state index >= 15 is 0 Å².